The van der Waals surface area contributed by atoms with Crippen LogP contribution in [0.4, 0.5) is 14.6 Å². The predicted octanol–water partition coefficient (Wildman–Crippen LogP) is 3.65. The van der Waals surface area contributed by atoms with E-state index in [9.17, 15) is 18.4 Å². The van der Waals surface area contributed by atoms with Crippen molar-refractivity contribution in [3.8, 4) is 5.69 Å². The van der Waals surface area contributed by atoms with E-state index in [2.05, 4.69) is 15.4 Å². The van der Waals surface area contributed by atoms with Crippen molar-refractivity contribution in [3.63, 3.8) is 0 Å². The number of benzene rings is 1. The lowest BCUT2D eigenvalue weighted by molar-refractivity contribution is -0.121. The van der Waals surface area contributed by atoms with Gasteiger partial charge in [0.1, 0.15) is 17.3 Å². The van der Waals surface area contributed by atoms with Gasteiger partial charge in [-0.3, -0.25) is 9.59 Å². The molecule has 1 saturated heterocycles. The molecule has 9 heteroatoms. The van der Waals surface area contributed by atoms with Crippen LogP contribution in [0.3, 0.4) is 0 Å². The van der Waals surface area contributed by atoms with Crippen LogP contribution in [0.5, 0.6) is 0 Å². The highest BCUT2D eigenvalue weighted by Crippen LogP contribution is 2.25. The second kappa shape index (κ2) is 8.86. The number of carbonyl (C=O) groups is 2. The van der Waals surface area contributed by atoms with Crippen molar-refractivity contribution in [1.82, 2.24) is 19.7 Å². The van der Waals surface area contributed by atoms with Crippen LogP contribution in [0, 0.1) is 31.4 Å². The second-order valence-electron chi connectivity index (χ2n) is 7.82. The van der Waals surface area contributed by atoms with Gasteiger partial charge >= 0.3 is 0 Å². The van der Waals surface area contributed by atoms with Gasteiger partial charge in [0.15, 0.2) is 5.82 Å². The van der Waals surface area contributed by atoms with Crippen LogP contribution < -0.4 is 5.32 Å². The van der Waals surface area contributed by atoms with Crippen LogP contribution in [-0.4, -0.2) is 44.6 Å². The van der Waals surface area contributed by atoms with Gasteiger partial charge in [0.2, 0.25) is 5.91 Å². The fourth-order valence-corrected chi connectivity index (χ4v) is 4.01. The van der Waals surface area contributed by atoms with Crippen molar-refractivity contribution < 1.29 is 18.4 Å². The number of nitrogens with one attached hydrogen (secondary N) is 1. The molecule has 1 fully saturated rings. The first-order valence-electron chi connectivity index (χ1n) is 10.4. The molecule has 1 aliphatic heterocycles. The molecule has 1 aromatic carbocycles. The standard InChI is InChI=1S/C23H23F2N5O2/c1-14-21(15(2)30(28-14)19-7-6-17(24)13-18(19)25)23(32)29-11-8-16(9-12-29)22(31)27-20-5-3-4-10-26-20/h3-7,10,13,16H,8-9,11-12H2,1-2H3,(H,26,27,31). The Kier molecular flexibility index (Phi) is 5.98. The Morgan fingerprint density at radius 3 is 2.50 bits per heavy atom. The minimum atomic E-state index is -0.755. The first kappa shape index (κ1) is 21.6. The fourth-order valence-electron chi connectivity index (χ4n) is 4.01. The molecule has 3 aromatic rings. The van der Waals surface area contributed by atoms with Crippen LogP contribution in [-0.2, 0) is 4.79 Å². The van der Waals surface area contributed by atoms with Crippen LogP contribution in [0.2, 0.25) is 0 Å². The fraction of sp³-hybridized carbons (Fsp3) is 0.304. The van der Waals surface area contributed by atoms with E-state index in [1.54, 1.807) is 43.1 Å². The zero-order valence-electron chi connectivity index (χ0n) is 17.8. The summed E-state index contributed by atoms with van der Waals surface area (Å²) in [5.41, 5.74) is 1.42. The monoisotopic (exact) mass is 439 g/mol. The number of hydrogen-bond acceptors (Lipinski definition) is 4. The molecule has 0 radical (unpaired) electrons. The normalized spacial score (nSPS) is 14.4. The molecule has 0 bridgehead atoms. The number of anilines is 1. The van der Waals surface area contributed by atoms with Gasteiger partial charge in [0.25, 0.3) is 5.91 Å². The molecule has 2 amide bonds. The molecule has 0 spiro atoms. The van der Waals surface area contributed by atoms with Gasteiger partial charge in [-0.2, -0.15) is 5.10 Å². The molecule has 0 saturated carbocycles. The van der Waals surface area contributed by atoms with Gasteiger partial charge in [-0.15, -0.1) is 0 Å². The highest BCUT2D eigenvalue weighted by atomic mass is 19.1. The van der Waals surface area contributed by atoms with Crippen LogP contribution in [0.1, 0.15) is 34.6 Å². The highest BCUT2D eigenvalue weighted by molar-refractivity contribution is 5.97. The molecular weight excluding hydrogens is 416 g/mol. The molecule has 0 aliphatic carbocycles. The van der Waals surface area contributed by atoms with E-state index in [1.165, 1.54) is 10.7 Å². The molecule has 32 heavy (non-hydrogen) atoms. The maximum Gasteiger partial charge on any atom is 0.257 e. The highest BCUT2D eigenvalue weighted by Gasteiger charge is 2.31. The maximum absolute atomic E-state index is 14.2. The predicted molar refractivity (Wildman–Crippen MR) is 114 cm³/mol. The van der Waals surface area contributed by atoms with Gasteiger partial charge < -0.3 is 10.2 Å². The quantitative estimate of drug-likeness (QED) is 0.673. The molecule has 0 unspecified atom stereocenters. The first-order chi connectivity index (χ1) is 15.3. The lowest BCUT2D eigenvalue weighted by Gasteiger charge is -2.31. The van der Waals surface area contributed by atoms with Crippen molar-refractivity contribution in [2.75, 3.05) is 18.4 Å². The molecule has 4 rings (SSSR count). The Labute approximate surface area is 184 Å². The smallest absolute Gasteiger partial charge is 0.257 e. The van der Waals surface area contributed by atoms with Crippen LogP contribution in [0.15, 0.2) is 42.6 Å². The summed E-state index contributed by atoms with van der Waals surface area (Å²) >= 11 is 0. The third-order valence-corrected chi connectivity index (χ3v) is 5.71. The van der Waals surface area contributed by atoms with Crippen LogP contribution in [0.25, 0.3) is 5.69 Å². The number of amides is 2. The Bertz CT molecular complexity index is 1150. The van der Waals surface area contributed by atoms with Crippen molar-refractivity contribution in [2.45, 2.75) is 26.7 Å². The topological polar surface area (TPSA) is 80.1 Å². The second-order valence-corrected chi connectivity index (χ2v) is 7.82. The number of carbonyl (C=O) groups excluding carboxylic acids is 2. The third-order valence-electron chi connectivity index (χ3n) is 5.71. The van der Waals surface area contributed by atoms with Crippen LogP contribution >= 0.6 is 0 Å². The van der Waals surface area contributed by atoms with Crippen molar-refractivity contribution >= 4 is 17.6 Å². The number of halogens is 2. The molecule has 0 atom stereocenters. The molecule has 1 N–H and O–H groups in total. The summed E-state index contributed by atoms with van der Waals surface area (Å²) in [4.78, 5) is 31.5. The number of rotatable bonds is 4. The average Bonchev–Trinajstić information content (AvgIpc) is 3.07. The minimum absolute atomic E-state index is 0.0796. The lowest BCUT2D eigenvalue weighted by atomic mass is 9.95. The number of aryl methyl sites for hydroxylation is 1. The molecule has 3 heterocycles. The van der Waals surface area contributed by atoms with E-state index in [0.717, 1.165) is 12.1 Å². The summed E-state index contributed by atoms with van der Waals surface area (Å²) in [6.45, 7) is 4.22. The molecular formula is C23H23F2N5O2. The Morgan fingerprint density at radius 2 is 1.84 bits per heavy atom. The van der Waals surface area contributed by atoms with E-state index in [1.807, 2.05) is 0 Å². The van der Waals surface area contributed by atoms with E-state index in [4.69, 9.17) is 0 Å². The van der Waals surface area contributed by atoms with Gasteiger partial charge in [-0.05, 0) is 51.0 Å². The zero-order valence-corrected chi connectivity index (χ0v) is 17.8. The average molecular weight is 439 g/mol. The summed E-state index contributed by atoms with van der Waals surface area (Å²) in [5.74, 6) is -1.46. The van der Waals surface area contributed by atoms with Gasteiger partial charge in [0.05, 0.1) is 17.0 Å². The Hall–Kier alpha value is -3.62. The van der Waals surface area contributed by atoms with Gasteiger partial charge in [-0.25, -0.2) is 18.4 Å². The first-order valence-corrected chi connectivity index (χ1v) is 10.4. The van der Waals surface area contributed by atoms with E-state index >= 15 is 0 Å². The summed E-state index contributed by atoms with van der Waals surface area (Å²) < 4.78 is 28.8. The van der Waals surface area contributed by atoms with E-state index in [0.29, 0.717) is 48.7 Å². The zero-order chi connectivity index (χ0) is 22.8. The summed E-state index contributed by atoms with van der Waals surface area (Å²) in [6.07, 6.45) is 2.67. The minimum Gasteiger partial charge on any atom is -0.338 e. The number of likely N-dealkylation sites (tertiary alicyclic amines) is 1. The van der Waals surface area contributed by atoms with E-state index in [-0.39, 0.29) is 23.4 Å². The number of piperidine rings is 1. The third kappa shape index (κ3) is 4.23. The summed E-state index contributed by atoms with van der Waals surface area (Å²) in [6, 6.07) is 8.53. The van der Waals surface area contributed by atoms with Crippen molar-refractivity contribution in [3.05, 3.63) is 71.2 Å². The van der Waals surface area contributed by atoms with Crippen molar-refractivity contribution in [2.24, 2.45) is 5.92 Å². The molecule has 1 aliphatic rings. The molecule has 166 valence electrons. The van der Waals surface area contributed by atoms with Crippen molar-refractivity contribution in [1.29, 1.82) is 0 Å². The van der Waals surface area contributed by atoms with E-state index < -0.39 is 11.6 Å². The number of pyridine rings is 1. The Balaban J connectivity index is 1.45. The summed E-state index contributed by atoms with van der Waals surface area (Å²) in [5, 5.41) is 7.12. The maximum atomic E-state index is 14.2. The number of aromatic nitrogens is 3. The number of hydrogen-bond donors (Lipinski definition) is 1. The Morgan fingerprint density at radius 1 is 1.09 bits per heavy atom. The summed E-state index contributed by atoms with van der Waals surface area (Å²) in [7, 11) is 0. The van der Waals surface area contributed by atoms with Gasteiger partial charge in [0, 0.05) is 31.3 Å². The molecule has 7 nitrogen and oxygen atoms in total. The molecule has 2 aromatic heterocycles. The van der Waals surface area contributed by atoms with Gasteiger partial charge in [-0.1, -0.05) is 6.07 Å². The lowest BCUT2D eigenvalue weighted by Crippen LogP contribution is -2.41. The number of nitrogens with zero attached hydrogens (tertiary/aromatic N) is 4. The SMILES string of the molecule is Cc1nn(-c2ccc(F)cc2F)c(C)c1C(=O)N1CCC(C(=O)Nc2ccccn2)CC1. The largest absolute Gasteiger partial charge is 0.338 e.